The number of nitrogens with one attached hydrogen (secondary N) is 1. The standard InChI is InChI=1S/C15H14N6OS/c1-9-2-3-10-11(5-16)15(23-12(10)4-9)19-14(22)7-21-8-18-13(6-17)20-21/h8-9H,2-4,7H2,1H3,(H,19,22)/t9-/m0/s1. The van der Waals surface area contributed by atoms with Gasteiger partial charge in [0.15, 0.2) is 0 Å². The summed E-state index contributed by atoms with van der Waals surface area (Å²) in [5.74, 6) is 0.342. The molecule has 1 amide bonds. The van der Waals surface area contributed by atoms with Gasteiger partial charge >= 0.3 is 0 Å². The van der Waals surface area contributed by atoms with Crippen LogP contribution in [-0.2, 0) is 24.2 Å². The Balaban J connectivity index is 1.76. The molecule has 2 aromatic rings. The minimum absolute atomic E-state index is 0.0242. The van der Waals surface area contributed by atoms with E-state index in [1.807, 2.05) is 6.07 Å². The molecule has 0 bridgehead atoms. The molecule has 0 unspecified atom stereocenters. The maximum atomic E-state index is 12.1. The third-order valence-electron chi connectivity index (χ3n) is 3.82. The van der Waals surface area contributed by atoms with Gasteiger partial charge in [-0.1, -0.05) is 6.92 Å². The number of thiophene rings is 1. The monoisotopic (exact) mass is 326 g/mol. The zero-order chi connectivity index (χ0) is 16.4. The Kier molecular flexibility index (Phi) is 4.09. The van der Waals surface area contributed by atoms with Crippen molar-refractivity contribution < 1.29 is 4.79 Å². The number of hydrogen-bond donors (Lipinski definition) is 1. The van der Waals surface area contributed by atoms with Crippen LogP contribution in [0.25, 0.3) is 0 Å². The second kappa shape index (κ2) is 6.19. The molecule has 2 aromatic heterocycles. The van der Waals surface area contributed by atoms with E-state index in [1.54, 1.807) is 0 Å². The fourth-order valence-electron chi connectivity index (χ4n) is 2.69. The molecule has 23 heavy (non-hydrogen) atoms. The van der Waals surface area contributed by atoms with Crippen molar-refractivity contribution in [2.75, 3.05) is 5.32 Å². The topological polar surface area (TPSA) is 107 Å². The molecule has 1 aliphatic rings. The Labute approximate surface area is 137 Å². The second-order valence-corrected chi connectivity index (χ2v) is 6.70. The van der Waals surface area contributed by atoms with Crippen LogP contribution in [0.1, 0.15) is 35.2 Å². The maximum Gasteiger partial charge on any atom is 0.252 e. The molecule has 1 atom stereocenters. The highest BCUT2D eigenvalue weighted by Gasteiger charge is 2.24. The average molecular weight is 326 g/mol. The normalized spacial score (nSPS) is 16.2. The highest BCUT2D eigenvalue weighted by molar-refractivity contribution is 7.16. The van der Waals surface area contributed by atoms with Gasteiger partial charge in [0.05, 0.1) is 5.56 Å². The van der Waals surface area contributed by atoms with Crippen molar-refractivity contribution >= 4 is 22.2 Å². The molecule has 0 aromatic carbocycles. The van der Waals surface area contributed by atoms with Crippen LogP contribution >= 0.6 is 11.3 Å². The van der Waals surface area contributed by atoms with E-state index in [-0.39, 0.29) is 18.3 Å². The van der Waals surface area contributed by atoms with Gasteiger partial charge in [-0.05, 0) is 30.7 Å². The van der Waals surface area contributed by atoms with Crippen LogP contribution in [0.15, 0.2) is 6.33 Å². The molecule has 0 fully saturated rings. The molecule has 0 saturated heterocycles. The quantitative estimate of drug-likeness (QED) is 0.926. The molecule has 116 valence electrons. The maximum absolute atomic E-state index is 12.1. The van der Waals surface area contributed by atoms with E-state index >= 15 is 0 Å². The lowest BCUT2D eigenvalue weighted by molar-refractivity contribution is -0.116. The Hall–Kier alpha value is -2.71. The van der Waals surface area contributed by atoms with Gasteiger partial charge in [0, 0.05) is 4.88 Å². The van der Waals surface area contributed by atoms with Gasteiger partial charge in [-0.25, -0.2) is 9.67 Å². The van der Waals surface area contributed by atoms with Crippen LogP contribution in [0.4, 0.5) is 5.00 Å². The number of fused-ring (bicyclic) bond motifs is 1. The predicted molar refractivity (Wildman–Crippen MR) is 83.6 cm³/mol. The smallest absolute Gasteiger partial charge is 0.252 e. The SMILES string of the molecule is C[C@H]1CCc2c(sc(NC(=O)Cn3cnc(C#N)n3)c2C#N)C1. The summed E-state index contributed by atoms with van der Waals surface area (Å²) in [4.78, 5) is 17.1. The number of nitriles is 2. The van der Waals surface area contributed by atoms with E-state index in [4.69, 9.17) is 5.26 Å². The number of nitrogens with zero attached hydrogens (tertiary/aromatic N) is 5. The van der Waals surface area contributed by atoms with Gasteiger partial charge in [-0.2, -0.15) is 10.5 Å². The molecule has 1 N–H and O–H groups in total. The van der Waals surface area contributed by atoms with E-state index in [2.05, 4.69) is 28.4 Å². The summed E-state index contributed by atoms with van der Waals surface area (Å²) in [6.07, 6.45) is 4.26. The van der Waals surface area contributed by atoms with Crippen LogP contribution in [0, 0.1) is 28.6 Å². The number of anilines is 1. The summed E-state index contributed by atoms with van der Waals surface area (Å²) in [5, 5.41) is 25.3. The number of carbonyl (C=O) groups excluding carboxylic acids is 1. The van der Waals surface area contributed by atoms with Crippen LogP contribution < -0.4 is 5.32 Å². The second-order valence-electron chi connectivity index (χ2n) is 5.59. The molecule has 8 heteroatoms. The number of carbonyl (C=O) groups is 1. The highest BCUT2D eigenvalue weighted by Crippen LogP contribution is 2.39. The van der Waals surface area contributed by atoms with Crippen LogP contribution in [0.5, 0.6) is 0 Å². The van der Waals surface area contributed by atoms with Crippen LogP contribution in [0.2, 0.25) is 0 Å². The number of aromatic nitrogens is 3. The van der Waals surface area contributed by atoms with Gasteiger partial charge in [0.25, 0.3) is 5.82 Å². The first-order valence-corrected chi connectivity index (χ1v) is 8.06. The molecule has 0 saturated carbocycles. The first kappa shape index (κ1) is 15.2. The van der Waals surface area contributed by atoms with Crippen LogP contribution in [-0.4, -0.2) is 20.7 Å². The van der Waals surface area contributed by atoms with E-state index < -0.39 is 0 Å². The summed E-state index contributed by atoms with van der Waals surface area (Å²) in [5.41, 5.74) is 1.67. The zero-order valence-corrected chi connectivity index (χ0v) is 13.4. The third kappa shape index (κ3) is 3.08. The summed E-state index contributed by atoms with van der Waals surface area (Å²) in [6.45, 7) is 2.16. The number of rotatable bonds is 3. The molecular formula is C15H14N6OS. The Morgan fingerprint density at radius 2 is 2.35 bits per heavy atom. The minimum atomic E-state index is -0.289. The van der Waals surface area contributed by atoms with Gasteiger partial charge in [-0.15, -0.1) is 16.4 Å². The molecule has 7 nitrogen and oxygen atoms in total. The lowest BCUT2D eigenvalue weighted by Crippen LogP contribution is -2.19. The van der Waals surface area contributed by atoms with Crippen molar-refractivity contribution in [2.45, 2.75) is 32.7 Å². The summed E-state index contributed by atoms with van der Waals surface area (Å²) >= 11 is 1.49. The van der Waals surface area contributed by atoms with Gasteiger partial charge in [-0.3, -0.25) is 4.79 Å². The van der Waals surface area contributed by atoms with E-state index in [9.17, 15) is 10.1 Å². The van der Waals surface area contributed by atoms with E-state index in [1.165, 1.54) is 27.2 Å². The number of hydrogen-bond acceptors (Lipinski definition) is 6. The predicted octanol–water partition coefficient (Wildman–Crippen LogP) is 1.85. The molecule has 1 aliphatic carbocycles. The Bertz CT molecular complexity index is 837. The molecule has 0 radical (unpaired) electrons. The van der Waals surface area contributed by atoms with Crippen molar-refractivity contribution in [1.82, 2.24) is 14.8 Å². The highest BCUT2D eigenvalue weighted by atomic mass is 32.1. The lowest BCUT2D eigenvalue weighted by atomic mass is 9.89. The summed E-state index contributed by atoms with van der Waals surface area (Å²) < 4.78 is 1.30. The van der Waals surface area contributed by atoms with Crippen molar-refractivity contribution in [2.24, 2.45) is 5.92 Å². The van der Waals surface area contributed by atoms with Gasteiger partial charge < -0.3 is 5.32 Å². The van der Waals surface area contributed by atoms with Crippen molar-refractivity contribution in [3.05, 3.63) is 28.2 Å². The molecule has 0 aliphatic heterocycles. The molecule has 2 heterocycles. The van der Waals surface area contributed by atoms with Crippen molar-refractivity contribution in [3.8, 4) is 12.1 Å². The van der Waals surface area contributed by atoms with E-state index in [0.29, 0.717) is 16.5 Å². The molecule has 3 rings (SSSR count). The Morgan fingerprint density at radius 3 is 3.04 bits per heavy atom. The summed E-state index contributed by atoms with van der Waals surface area (Å²) in [6, 6.07) is 4.03. The molecular weight excluding hydrogens is 312 g/mol. The van der Waals surface area contributed by atoms with E-state index in [0.717, 1.165) is 24.8 Å². The fourth-order valence-corrected chi connectivity index (χ4v) is 4.07. The summed E-state index contributed by atoms with van der Waals surface area (Å²) in [7, 11) is 0. The first-order chi connectivity index (χ1) is 11.1. The minimum Gasteiger partial charge on any atom is -0.315 e. The van der Waals surface area contributed by atoms with Crippen molar-refractivity contribution in [3.63, 3.8) is 0 Å². The fraction of sp³-hybridized carbons (Fsp3) is 0.400. The largest absolute Gasteiger partial charge is 0.315 e. The van der Waals surface area contributed by atoms with Crippen molar-refractivity contribution in [1.29, 1.82) is 10.5 Å². The Morgan fingerprint density at radius 1 is 1.52 bits per heavy atom. The van der Waals surface area contributed by atoms with Crippen LogP contribution in [0.3, 0.4) is 0 Å². The lowest BCUT2D eigenvalue weighted by Gasteiger charge is -2.17. The van der Waals surface area contributed by atoms with Gasteiger partial charge in [0.1, 0.15) is 30.0 Å². The first-order valence-electron chi connectivity index (χ1n) is 7.24. The third-order valence-corrected chi connectivity index (χ3v) is 4.99. The zero-order valence-electron chi connectivity index (χ0n) is 12.5. The average Bonchev–Trinajstić information content (AvgIpc) is 3.10. The molecule has 0 spiro atoms. The van der Waals surface area contributed by atoms with Gasteiger partial charge in [0.2, 0.25) is 5.91 Å². The number of amides is 1.